The van der Waals surface area contributed by atoms with Crippen LogP contribution in [-0.4, -0.2) is 80.7 Å². The van der Waals surface area contributed by atoms with Crippen LogP contribution < -0.4 is 5.43 Å². The molecule has 2 aromatic carbocycles. The van der Waals surface area contributed by atoms with Crippen molar-refractivity contribution in [3.63, 3.8) is 0 Å². The summed E-state index contributed by atoms with van der Waals surface area (Å²) in [5.41, 5.74) is -0.261. The largest absolute Gasteiger partial charge is 0.507 e. The van der Waals surface area contributed by atoms with E-state index in [-0.39, 0.29) is 40.0 Å². The zero-order valence-corrected chi connectivity index (χ0v) is 19.1. The van der Waals surface area contributed by atoms with E-state index in [0.29, 0.717) is 0 Å². The van der Waals surface area contributed by atoms with Gasteiger partial charge < -0.3 is 39.8 Å². The van der Waals surface area contributed by atoms with Crippen molar-refractivity contribution in [1.29, 1.82) is 0 Å². The molecule has 0 spiro atoms. The summed E-state index contributed by atoms with van der Waals surface area (Å²) in [4.78, 5) is 12.7. The summed E-state index contributed by atoms with van der Waals surface area (Å²) >= 11 is 0. The van der Waals surface area contributed by atoms with Gasteiger partial charge in [0, 0.05) is 18.1 Å². The van der Waals surface area contributed by atoms with E-state index in [2.05, 4.69) is 4.18 Å². The van der Waals surface area contributed by atoms with Gasteiger partial charge in [-0.3, -0.25) is 9.35 Å². The Bertz CT molecular complexity index is 1450. The smallest absolute Gasteiger partial charge is 0.397 e. The molecule has 194 valence electrons. The van der Waals surface area contributed by atoms with E-state index < -0.39 is 64.5 Å². The minimum atomic E-state index is -5.08. The molecule has 1 aliphatic heterocycles. The number of phenolic OH excluding ortho intramolecular Hbond substituents is 3. The van der Waals surface area contributed by atoms with E-state index in [1.807, 2.05) is 0 Å². The molecule has 1 saturated heterocycles. The van der Waals surface area contributed by atoms with Crippen molar-refractivity contribution < 1.29 is 56.9 Å². The molecule has 0 bridgehead atoms. The Balaban J connectivity index is 1.75. The van der Waals surface area contributed by atoms with Gasteiger partial charge in [0.25, 0.3) is 0 Å². The third-order valence-electron chi connectivity index (χ3n) is 5.76. The van der Waals surface area contributed by atoms with Crippen molar-refractivity contribution in [2.75, 3.05) is 6.61 Å². The molecule has 2 heterocycles. The first kappa shape index (κ1) is 25.8. The van der Waals surface area contributed by atoms with Crippen molar-refractivity contribution >= 4 is 21.4 Å². The van der Waals surface area contributed by atoms with Gasteiger partial charge in [-0.2, -0.15) is 8.42 Å². The summed E-state index contributed by atoms with van der Waals surface area (Å²) < 4.78 is 47.4. The molecule has 4 rings (SSSR count). The number of hydrogen-bond donors (Lipinski definition) is 7. The molecule has 3 aromatic rings. The van der Waals surface area contributed by atoms with Gasteiger partial charge in [0.05, 0.1) is 12.7 Å². The average Bonchev–Trinajstić information content (AvgIpc) is 2.79. The van der Waals surface area contributed by atoms with Gasteiger partial charge in [-0.05, 0) is 35.9 Å². The number of aromatic hydroxyl groups is 3. The van der Waals surface area contributed by atoms with Crippen LogP contribution in [0.5, 0.6) is 17.2 Å². The van der Waals surface area contributed by atoms with Crippen LogP contribution in [0.1, 0.15) is 5.56 Å². The van der Waals surface area contributed by atoms with E-state index in [1.54, 1.807) is 0 Å². The van der Waals surface area contributed by atoms with Crippen molar-refractivity contribution in [1.82, 2.24) is 0 Å². The second-order valence-electron chi connectivity index (χ2n) is 8.24. The van der Waals surface area contributed by atoms with Crippen LogP contribution in [0.15, 0.2) is 45.6 Å². The first-order valence-electron chi connectivity index (χ1n) is 10.5. The third kappa shape index (κ3) is 5.15. The predicted octanol–water partition coefficient (Wildman–Crippen LogP) is -0.211. The molecule has 0 saturated carbocycles. The van der Waals surface area contributed by atoms with E-state index in [9.17, 15) is 43.9 Å². The normalized spacial score (nSPS) is 24.7. The van der Waals surface area contributed by atoms with Crippen LogP contribution in [0.25, 0.3) is 22.3 Å². The highest BCUT2D eigenvalue weighted by molar-refractivity contribution is 7.80. The van der Waals surface area contributed by atoms with Crippen molar-refractivity contribution in [3.05, 3.63) is 52.2 Å². The fraction of sp³-hybridized carbons (Fsp3) is 0.318. The van der Waals surface area contributed by atoms with E-state index >= 15 is 0 Å². The Morgan fingerprint density at radius 1 is 0.917 bits per heavy atom. The zero-order valence-electron chi connectivity index (χ0n) is 18.3. The first-order valence-corrected chi connectivity index (χ1v) is 11.8. The van der Waals surface area contributed by atoms with Gasteiger partial charge in [-0.25, -0.2) is 4.18 Å². The number of phenols is 3. The SMILES string of the molecule is O=c1cc(-c2ccc(O)c(O)c2)oc2cc(CC3OC(CO)C(O)C(O)C3OS(=O)(=O)O)cc(O)c12. The van der Waals surface area contributed by atoms with Crippen molar-refractivity contribution in [2.24, 2.45) is 0 Å². The zero-order chi connectivity index (χ0) is 26.4. The molecule has 5 unspecified atom stereocenters. The van der Waals surface area contributed by atoms with Crippen molar-refractivity contribution in [2.45, 2.75) is 36.9 Å². The van der Waals surface area contributed by atoms with Gasteiger partial charge in [-0.15, -0.1) is 0 Å². The molecule has 0 aliphatic carbocycles. The van der Waals surface area contributed by atoms with Crippen LogP contribution in [0.2, 0.25) is 0 Å². The third-order valence-corrected chi connectivity index (χ3v) is 6.23. The van der Waals surface area contributed by atoms with Gasteiger partial charge in [0.15, 0.2) is 16.9 Å². The Hall–Kier alpha value is -3.24. The maximum absolute atomic E-state index is 12.7. The Labute approximate surface area is 203 Å². The number of rotatable bonds is 6. The number of fused-ring (bicyclic) bond motifs is 1. The monoisotopic (exact) mass is 526 g/mol. The molecule has 1 fully saturated rings. The highest BCUT2D eigenvalue weighted by Gasteiger charge is 2.46. The van der Waals surface area contributed by atoms with Gasteiger partial charge in [0.2, 0.25) is 0 Å². The van der Waals surface area contributed by atoms with Gasteiger partial charge in [0.1, 0.15) is 46.9 Å². The molecule has 1 aliphatic rings. The topological polar surface area (TPSA) is 224 Å². The molecule has 13 nitrogen and oxygen atoms in total. The van der Waals surface area contributed by atoms with Gasteiger partial charge in [-0.1, -0.05) is 0 Å². The van der Waals surface area contributed by atoms with Crippen molar-refractivity contribution in [3.8, 4) is 28.6 Å². The Morgan fingerprint density at radius 2 is 1.64 bits per heavy atom. The number of aliphatic hydroxyl groups is 3. The van der Waals surface area contributed by atoms with Crippen LogP contribution in [0.4, 0.5) is 0 Å². The molecule has 7 N–H and O–H groups in total. The van der Waals surface area contributed by atoms with Gasteiger partial charge >= 0.3 is 10.4 Å². The second-order valence-corrected chi connectivity index (χ2v) is 9.28. The first-order chi connectivity index (χ1) is 16.9. The summed E-state index contributed by atoms with van der Waals surface area (Å²) in [7, 11) is -5.08. The summed E-state index contributed by atoms with van der Waals surface area (Å²) in [6, 6.07) is 7.33. The molecule has 0 radical (unpaired) electrons. The standard InChI is InChI=1S/C22H22O13S/c23-8-18-20(28)21(29)22(35-36(30,31)32)17(34-18)5-9-3-13(26)19-14(27)7-15(33-16(19)4-9)10-1-2-11(24)12(25)6-10/h1-4,6-7,17-18,20-26,28-29H,5,8H2,(H,30,31,32). The molecule has 0 amide bonds. The molecule has 36 heavy (non-hydrogen) atoms. The summed E-state index contributed by atoms with van der Waals surface area (Å²) in [6.45, 7) is -0.728. The summed E-state index contributed by atoms with van der Waals surface area (Å²) in [5, 5.41) is 59.4. The lowest BCUT2D eigenvalue weighted by molar-refractivity contribution is -0.222. The van der Waals surface area contributed by atoms with Crippen LogP contribution >= 0.6 is 0 Å². The molecule has 1 aromatic heterocycles. The molecular weight excluding hydrogens is 504 g/mol. The summed E-state index contributed by atoms with van der Waals surface area (Å²) in [5.74, 6) is -1.33. The highest BCUT2D eigenvalue weighted by Crippen LogP contribution is 2.34. The Morgan fingerprint density at radius 3 is 2.28 bits per heavy atom. The maximum Gasteiger partial charge on any atom is 0.397 e. The maximum atomic E-state index is 12.7. The predicted molar refractivity (Wildman–Crippen MR) is 121 cm³/mol. The quantitative estimate of drug-likeness (QED) is 0.163. The average molecular weight is 526 g/mol. The number of hydrogen-bond acceptors (Lipinski definition) is 12. The minimum Gasteiger partial charge on any atom is -0.507 e. The molecule has 5 atom stereocenters. The van der Waals surface area contributed by atoms with E-state index in [0.717, 1.165) is 12.1 Å². The fourth-order valence-electron chi connectivity index (χ4n) is 4.08. The van der Waals surface area contributed by atoms with Crippen LogP contribution in [0, 0.1) is 0 Å². The van der Waals surface area contributed by atoms with E-state index in [1.165, 1.54) is 24.3 Å². The minimum absolute atomic E-state index is 0.000241. The lowest BCUT2D eigenvalue weighted by Crippen LogP contribution is -2.60. The lowest BCUT2D eigenvalue weighted by Gasteiger charge is -2.41. The highest BCUT2D eigenvalue weighted by atomic mass is 32.3. The second kappa shape index (κ2) is 9.67. The number of ether oxygens (including phenoxy) is 1. The molecular formula is C22H22O13S. The summed E-state index contributed by atoms with van der Waals surface area (Å²) in [6.07, 6.45) is -8.32. The van der Waals surface area contributed by atoms with Crippen LogP contribution in [-0.2, 0) is 25.7 Å². The number of aliphatic hydroxyl groups excluding tert-OH is 3. The molecule has 14 heteroatoms. The number of benzene rings is 2. The Kier molecular flexibility index (Phi) is 6.94. The fourth-order valence-corrected chi connectivity index (χ4v) is 4.60. The lowest BCUT2D eigenvalue weighted by atomic mass is 9.91. The van der Waals surface area contributed by atoms with Crippen LogP contribution in [0.3, 0.4) is 0 Å². The van der Waals surface area contributed by atoms with E-state index in [4.69, 9.17) is 13.7 Å².